The number of likely N-dealkylation sites (tertiary alicyclic amines) is 1. The fraction of sp³-hybridized carbons (Fsp3) is 0.208. The van der Waals surface area contributed by atoms with Crippen molar-refractivity contribution in [3.63, 3.8) is 0 Å². The largest absolute Gasteiger partial charge is 0.364 e. The monoisotopic (exact) mass is 463 g/mol. The Labute approximate surface area is 194 Å². The molecule has 34 heavy (non-hydrogen) atoms. The zero-order chi connectivity index (χ0) is 24.1. The summed E-state index contributed by atoms with van der Waals surface area (Å²) in [6.45, 7) is 4.29. The molecule has 3 heterocycles. The topological polar surface area (TPSA) is 117 Å². The molecule has 0 radical (unpaired) electrons. The molecule has 3 aromatic rings. The molecular weight excluding hydrogens is 441 g/mol. The second-order valence-corrected chi connectivity index (χ2v) is 7.79. The van der Waals surface area contributed by atoms with E-state index in [1.54, 1.807) is 17.0 Å². The van der Waals surface area contributed by atoms with Crippen molar-refractivity contribution in [2.75, 3.05) is 23.7 Å². The number of piperidine rings is 1. The summed E-state index contributed by atoms with van der Waals surface area (Å²) in [7, 11) is 0. The van der Waals surface area contributed by atoms with Crippen molar-refractivity contribution in [3.8, 4) is 11.3 Å². The highest BCUT2D eigenvalue weighted by atomic mass is 19.1. The first kappa shape index (κ1) is 22.8. The van der Waals surface area contributed by atoms with E-state index in [4.69, 9.17) is 4.52 Å². The molecule has 0 aliphatic carbocycles. The van der Waals surface area contributed by atoms with Gasteiger partial charge in [-0.1, -0.05) is 17.8 Å². The van der Waals surface area contributed by atoms with Gasteiger partial charge in [0.25, 0.3) is 5.91 Å². The zero-order valence-electron chi connectivity index (χ0n) is 18.2. The minimum atomic E-state index is -0.702. The van der Waals surface area contributed by atoms with E-state index in [9.17, 15) is 18.8 Å². The van der Waals surface area contributed by atoms with Crippen molar-refractivity contribution in [1.29, 1.82) is 0 Å². The molecular formula is C24H22FN5O4. The van der Waals surface area contributed by atoms with Crippen LogP contribution in [0.1, 0.15) is 23.3 Å². The fourth-order valence-electron chi connectivity index (χ4n) is 3.70. The molecule has 0 bridgehead atoms. The Hall–Kier alpha value is -4.34. The maximum Gasteiger partial charge on any atom is 0.274 e. The molecule has 4 rings (SSSR count). The fourth-order valence-corrected chi connectivity index (χ4v) is 3.70. The summed E-state index contributed by atoms with van der Waals surface area (Å²) >= 11 is 0. The lowest BCUT2D eigenvalue weighted by Crippen LogP contribution is -2.43. The van der Waals surface area contributed by atoms with Crippen LogP contribution >= 0.6 is 0 Å². The van der Waals surface area contributed by atoms with E-state index in [-0.39, 0.29) is 35.4 Å². The van der Waals surface area contributed by atoms with Crippen LogP contribution in [0.15, 0.2) is 66.0 Å². The first-order valence-corrected chi connectivity index (χ1v) is 10.6. The van der Waals surface area contributed by atoms with Gasteiger partial charge in [0, 0.05) is 18.8 Å². The van der Waals surface area contributed by atoms with Crippen LogP contribution in [-0.4, -0.2) is 45.9 Å². The standard InChI is InChI=1S/C24H22FN5O4/c1-2-22(31)30-10-4-5-15(13-30)23(32)29-20-9-8-17(11-18(20)25)27-24(33)21-7-3-6-19(28-21)16-12-26-34-14-16/h2-3,6-9,11-12,14-15H,1,4-5,10,13H2,(H,27,33)(H,29,32). The number of carbonyl (C=O) groups is 3. The molecule has 1 unspecified atom stereocenters. The summed E-state index contributed by atoms with van der Waals surface area (Å²) < 4.78 is 19.5. The summed E-state index contributed by atoms with van der Waals surface area (Å²) in [5.41, 5.74) is 1.46. The van der Waals surface area contributed by atoms with Gasteiger partial charge in [-0.2, -0.15) is 0 Å². The van der Waals surface area contributed by atoms with Gasteiger partial charge in [-0.25, -0.2) is 9.37 Å². The number of pyridine rings is 1. The third-order valence-corrected chi connectivity index (χ3v) is 5.47. The number of carbonyl (C=O) groups excluding carboxylic acids is 3. The molecule has 10 heteroatoms. The van der Waals surface area contributed by atoms with Gasteiger partial charge in [0.05, 0.1) is 29.1 Å². The molecule has 1 saturated heterocycles. The molecule has 1 aromatic carbocycles. The number of nitrogens with one attached hydrogen (secondary N) is 2. The van der Waals surface area contributed by atoms with Gasteiger partial charge >= 0.3 is 0 Å². The molecule has 1 atom stereocenters. The predicted molar refractivity (Wildman–Crippen MR) is 122 cm³/mol. The normalized spacial score (nSPS) is 15.4. The van der Waals surface area contributed by atoms with Crippen LogP contribution in [0, 0.1) is 11.7 Å². The summed E-state index contributed by atoms with van der Waals surface area (Å²) in [5, 5.41) is 8.78. The number of rotatable bonds is 6. The van der Waals surface area contributed by atoms with Crippen LogP contribution in [0.3, 0.4) is 0 Å². The molecule has 1 aliphatic heterocycles. The molecule has 174 valence electrons. The van der Waals surface area contributed by atoms with Crippen molar-refractivity contribution in [2.24, 2.45) is 5.92 Å². The smallest absolute Gasteiger partial charge is 0.274 e. The van der Waals surface area contributed by atoms with Crippen LogP contribution in [-0.2, 0) is 9.59 Å². The Balaban J connectivity index is 1.40. The zero-order valence-corrected chi connectivity index (χ0v) is 18.2. The Bertz CT molecular complexity index is 1230. The second-order valence-electron chi connectivity index (χ2n) is 7.79. The van der Waals surface area contributed by atoms with Gasteiger partial charge in [0.2, 0.25) is 11.8 Å². The lowest BCUT2D eigenvalue weighted by atomic mass is 9.97. The summed E-state index contributed by atoms with van der Waals surface area (Å²) in [6, 6.07) is 8.87. The van der Waals surface area contributed by atoms with Gasteiger partial charge in [-0.15, -0.1) is 0 Å². The van der Waals surface area contributed by atoms with E-state index < -0.39 is 17.6 Å². The van der Waals surface area contributed by atoms with E-state index >= 15 is 0 Å². The van der Waals surface area contributed by atoms with Crippen molar-refractivity contribution < 1.29 is 23.3 Å². The summed E-state index contributed by atoms with van der Waals surface area (Å²) in [6.07, 6.45) is 5.39. The lowest BCUT2D eigenvalue weighted by Gasteiger charge is -2.31. The summed E-state index contributed by atoms with van der Waals surface area (Å²) in [5.74, 6) is -2.27. The van der Waals surface area contributed by atoms with E-state index in [1.807, 2.05) is 0 Å². The first-order chi connectivity index (χ1) is 16.4. The average Bonchev–Trinajstić information content (AvgIpc) is 3.40. The number of anilines is 2. The van der Waals surface area contributed by atoms with Crippen molar-refractivity contribution in [1.82, 2.24) is 15.0 Å². The van der Waals surface area contributed by atoms with Crippen LogP contribution in [0.25, 0.3) is 11.3 Å². The number of hydrogen-bond acceptors (Lipinski definition) is 6. The highest BCUT2D eigenvalue weighted by Crippen LogP contribution is 2.23. The van der Waals surface area contributed by atoms with Crippen LogP contribution in [0.2, 0.25) is 0 Å². The molecule has 2 N–H and O–H groups in total. The predicted octanol–water partition coefficient (Wildman–Crippen LogP) is 3.49. The number of nitrogens with zero attached hydrogens (tertiary/aromatic N) is 3. The number of halogens is 1. The van der Waals surface area contributed by atoms with E-state index in [1.165, 1.54) is 36.7 Å². The molecule has 1 fully saturated rings. The molecule has 2 aromatic heterocycles. The highest BCUT2D eigenvalue weighted by molar-refractivity contribution is 6.03. The van der Waals surface area contributed by atoms with Crippen molar-refractivity contribution in [2.45, 2.75) is 12.8 Å². The Morgan fingerprint density at radius 3 is 2.79 bits per heavy atom. The second kappa shape index (κ2) is 10.1. The van der Waals surface area contributed by atoms with Gasteiger partial charge in [0.15, 0.2) is 0 Å². The molecule has 0 spiro atoms. The number of hydrogen-bond donors (Lipinski definition) is 2. The van der Waals surface area contributed by atoms with Crippen LogP contribution in [0.5, 0.6) is 0 Å². The first-order valence-electron chi connectivity index (χ1n) is 10.6. The Kier molecular flexibility index (Phi) is 6.77. The van der Waals surface area contributed by atoms with Gasteiger partial charge in [-0.3, -0.25) is 14.4 Å². The molecule has 1 aliphatic rings. The number of aromatic nitrogens is 2. The number of amides is 3. The maximum absolute atomic E-state index is 14.7. The minimum Gasteiger partial charge on any atom is -0.364 e. The van der Waals surface area contributed by atoms with Gasteiger partial charge < -0.3 is 20.1 Å². The quantitative estimate of drug-likeness (QED) is 0.541. The summed E-state index contributed by atoms with van der Waals surface area (Å²) in [4.78, 5) is 42.9. The third kappa shape index (κ3) is 5.17. The average molecular weight is 463 g/mol. The number of benzene rings is 1. The van der Waals surface area contributed by atoms with E-state index in [2.05, 4.69) is 27.4 Å². The van der Waals surface area contributed by atoms with Crippen LogP contribution in [0.4, 0.5) is 15.8 Å². The van der Waals surface area contributed by atoms with E-state index in [0.717, 1.165) is 6.07 Å². The van der Waals surface area contributed by atoms with E-state index in [0.29, 0.717) is 30.6 Å². The molecule has 9 nitrogen and oxygen atoms in total. The van der Waals surface area contributed by atoms with Gasteiger partial charge in [-0.05, 0) is 49.2 Å². The SMILES string of the molecule is C=CC(=O)N1CCCC(C(=O)Nc2ccc(NC(=O)c3cccc(-c4cnoc4)n3)cc2F)C1. The molecule has 0 saturated carbocycles. The highest BCUT2D eigenvalue weighted by Gasteiger charge is 2.28. The lowest BCUT2D eigenvalue weighted by molar-refractivity contribution is -0.130. The third-order valence-electron chi connectivity index (χ3n) is 5.47. The Morgan fingerprint density at radius 2 is 2.06 bits per heavy atom. The van der Waals surface area contributed by atoms with Crippen LogP contribution < -0.4 is 10.6 Å². The molecule has 3 amide bonds. The van der Waals surface area contributed by atoms with Crippen molar-refractivity contribution >= 4 is 29.1 Å². The van der Waals surface area contributed by atoms with Crippen molar-refractivity contribution in [3.05, 3.63) is 73.0 Å². The van der Waals surface area contributed by atoms with Gasteiger partial charge in [0.1, 0.15) is 17.8 Å². The Morgan fingerprint density at radius 1 is 1.21 bits per heavy atom. The maximum atomic E-state index is 14.7. The minimum absolute atomic E-state index is 0.0113.